The summed E-state index contributed by atoms with van der Waals surface area (Å²) >= 11 is 0. The van der Waals surface area contributed by atoms with Crippen LogP contribution in [0.2, 0.25) is 0 Å². The highest BCUT2D eigenvalue weighted by Gasteiger charge is 2.27. The van der Waals surface area contributed by atoms with Crippen molar-refractivity contribution in [1.29, 1.82) is 5.26 Å². The van der Waals surface area contributed by atoms with Crippen molar-refractivity contribution in [3.05, 3.63) is 11.8 Å². The largest absolute Gasteiger partial charge is 0.462 e. The molecule has 1 heterocycles. The molecule has 98 valence electrons. The van der Waals surface area contributed by atoms with Crippen molar-refractivity contribution in [3.8, 4) is 6.07 Å². The Labute approximate surface area is 108 Å². The Morgan fingerprint density at radius 1 is 1.67 bits per heavy atom. The minimum absolute atomic E-state index is 0.0250. The van der Waals surface area contributed by atoms with Gasteiger partial charge in [-0.2, -0.15) is 10.4 Å². The Balaban J connectivity index is 3.25. The van der Waals surface area contributed by atoms with E-state index >= 15 is 0 Å². The smallest absolute Gasteiger partial charge is 0.342 e. The van der Waals surface area contributed by atoms with E-state index in [-0.39, 0.29) is 25.1 Å². The molecule has 0 saturated heterocycles. The van der Waals surface area contributed by atoms with Crippen LogP contribution in [0.25, 0.3) is 0 Å². The molecule has 0 fully saturated rings. The molecule has 0 atom stereocenters. The number of hydrogen-bond donors (Lipinski definition) is 0. The van der Waals surface area contributed by atoms with Gasteiger partial charge in [-0.05, 0) is 6.92 Å². The number of ether oxygens (including phenoxy) is 1. The van der Waals surface area contributed by atoms with Gasteiger partial charge in [0.15, 0.2) is 5.03 Å². The highest BCUT2D eigenvalue weighted by Crippen LogP contribution is 2.21. The van der Waals surface area contributed by atoms with E-state index in [0.29, 0.717) is 0 Å². The predicted molar refractivity (Wildman–Crippen MR) is 61.5 cm³/mol. The SMILES string of the molecule is CCOC(=O)c1cnn(CCC#N)c1S(=O)(=O)Cl. The van der Waals surface area contributed by atoms with Gasteiger partial charge < -0.3 is 4.74 Å². The Morgan fingerprint density at radius 2 is 2.33 bits per heavy atom. The summed E-state index contributed by atoms with van der Waals surface area (Å²) in [6.07, 6.45) is 1.11. The third kappa shape index (κ3) is 3.21. The normalized spacial score (nSPS) is 10.9. The summed E-state index contributed by atoms with van der Waals surface area (Å²) in [7, 11) is 1.10. The van der Waals surface area contributed by atoms with Crippen LogP contribution in [0.3, 0.4) is 0 Å². The number of nitriles is 1. The van der Waals surface area contributed by atoms with Gasteiger partial charge in [-0.15, -0.1) is 0 Å². The van der Waals surface area contributed by atoms with Crippen LogP contribution in [0.15, 0.2) is 11.2 Å². The summed E-state index contributed by atoms with van der Waals surface area (Å²) in [5.74, 6) is -0.820. The van der Waals surface area contributed by atoms with Gasteiger partial charge in [-0.1, -0.05) is 0 Å². The summed E-state index contributed by atoms with van der Waals surface area (Å²) in [6.45, 7) is 1.72. The number of rotatable bonds is 5. The summed E-state index contributed by atoms with van der Waals surface area (Å²) in [5, 5.41) is 11.7. The van der Waals surface area contributed by atoms with Crippen LogP contribution in [-0.2, 0) is 20.3 Å². The molecule has 0 aliphatic rings. The molecule has 1 aromatic heterocycles. The molecule has 1 rings (SSSR count). The minimum Gasteiger partial charge on any atom is -0.462 e. The molecule has 0 aromatic carbocycles. The van der Waals surface area contributed by atoms with E-state index in [1.807, 2.05) is 6.07 Å². The van der Waals surface area contributed by atoms with Crippen molar-refractivity contribution in [2.75, 3.05) is 6.61 Å². The zero-order chi connectivity index (χ0) is 13.8. The number of carbonyl (C=O) groups excluding carboxylic acids is 1. The van der Waals surface area contributed by atoms with E-state index in [0.717, 1.165) is 10.9 Å². The monoisotopic (exact) mass is 291 g/mol. The molecular formula is C9H10ClN3O4S. The number of esters is 1. The number of carbonyl (C=O) groups is 1. The van der Waals surface area contributed by atoms with Gasteiger partial charge in [-0.3, -0.25) is 4.68 Å². The fourth-order valence-electron chi connectivity index (χ4n) is 1.30. The minimum atomic E-state index is -4.15. The van der Waals surface area contributed by atoms with E-state index in [4.69, 9.17) is 20.7 Å². The van der Waals surface area contributed by atoms with Crippen LogP contribution in [0.4, 0.5) is 0 Å². The van der Waals surface area contributed by atoms with Crippen molar-refractivity contribution in [2.45, 2.75) is 24.9 Å². The number of halogens is 1. The Bertz CT molecular complexity index is 587. The van der Waals surface area contributed by atoms with Crippen molar-refractivity contribution >= 4 is 25.7 Å². The number of aromatic nitrogens is 2. The summed E-state index contributed by atoms with van der Waals surface area (Å²) in [6, 6.07) is 1.84. The molecule has 0 radical (unpaired) electrons. The van der Waals surface area contributed by atoms with Crippen LogP contribution >= 0.6 is 10.7 Å². The van der Waals surface area contributed by atoms with Gasteiger partial charge in [0.05, 0.1) is 31.8 Å². The highest BCUT2D eigenvalue weighted by atomic mass is 35.7. The fourth-order valence-corrected chi connectivity index (χ4v) is 2.57. The van der Waals surface area contributed by atoms with Crippen LogP contribution in [-0.4, -0.2) is 30.8 Å². The van der Waals surface area contributed by atoms with Crippen molar-refractivity contribution in [2.24, 2.45) is 0 Å². The molecule has 0 aliphatic heterocycles. The van der Waals surface area contributed by atoms with Crippen LogP contribution in [0, 0.1) is 11.3 Å². The first-order valence-electron chi connectivity index (χ1n) is 4.96. The van der Waals surface area contributed by atoms with Crippen LogP contribution in [0.5, 0.6) is 0 Å². The number of hydrogen-bond acceptors (Lipinski definition) is 6. The fraction of sp³-hybridized carbons (Fsp3) is 0.444. The molecule has 0 spiro atoms. The van der Waals surface area contributed by atoms with Crippen molar-refractivity contribution < 1.29 is 17.9 Å². The molecule has 0 bridgehead atoms. The predicted octanol–water partition coefficient (Wildman–Crippen LogP) is 0.901. The average molecular weight is 292 g/mol. The second kappa shape index (κ2) is 5.84. The Morgan fingerprint density at radius 3 is 2.83 bits per heavy atom. The lowest BCUT2D eigenvalue weighted by molar-refractivity contribution is 0.0521. The van der Waals surface area contributed by atoms with Crippen LogP contribution in [0.1, 0.15) is 23.7 Å². The first kappa shape index (κ1) is 14.5. The highest BCUT2D eigenvalue weighted by molar-refractivity contribution is 8.13. The Kier molecular flexibility index (Phi) is 4.69. The molecular weight excluding hydrogens is 282 g/mol. The van der Waals surface area contributed by atoms with E-state index in [9.17, 15) is 13.2 Å². The lowest BCUT2D eigenvalue weighted by Gasteiger charge is -2.04. The van der Waals surface area contributed by atoms with Gasteiger partial charge in [0, 0.05) is 10.7 Å². The van der Waals surface area contributed by atoms with Crippen molar-refractivity contribution in [1.82, 2.24) is 9.78 Å². The zero-order valence-corrected chi connectivity index (χ0v) is 11.0. The maximum atomic E-state index is 11.5. The van der Waals surface area contributed by atoms with Crippen LogP contribution < -0.4 is 0 Å². The summed E-state index contributed by atoms with van der Waals surface area (Å²) in [5.41, 5.74) is -0.232. The Hall–Kier alpha value is -1.59. The maximum absolute atomic E-state index is 11.5. The quantitative estimate of drug-likeness (QED) is 0.590. The van der Waals surface area contributed by atoms with Gasteiger partial charge in [-0.25, -0.2) is 13.2 Å². The van der Waals surface area contributed by atoms with E-state index in [1.54, 1.807) is 6.92 Å². The topological polar surface area (TPSA) is 102 Å². The second-order valence-corrected chi connectivity index (χ2v) is 5.63. The number of aryl methyl sites for hydroxylation is 1. The lowest BCUT2D eigenvalue weighted by Crippen LogP contribution is -2.12. The van der Waals surface area contributed by atoms with Gasteiger partial charge in [0.2, 0.25) is 0 Å². The summed E-state index contributed by atoms with van der Waals surface area (Å²) < 4.78 is 28.5. The molecule has 9 heteroatoms. The first-order valence-corrected chi connectivity index (χ1v) is 7.27. The second-order valence-electron chi connectivity index (χ2n) is 3.15. The standard InChI is InChI=1S/C9H10ClN3O4S/c1-2-17-9(14)7-6-12-13(5-3-4-11)8(7)18(10,15)16/h6H,2-3,5H2,1H3. The molecule has 7 nitrogen and oxygen atoms in total. The zero-order valence-electron chi connectivity index (χ0n) is 9.46. The first-order chi connectivity index (χ1) is 8.41. The summed E-state index contributed by atoms with van der Waals surface area (Å²) in [4.78, 5) is 11.5. The molecule has 0 N–H and O–H groups in total. The average Bonchev–Trinajstić information content (AvgIpc) is 2.70. The van der Waals surface area contributed by atoms with E-state index in [2.05, 4.69) is 5.10 Å². The van der Waals surface area contributed by atoms with Gasteiger partial charge >= 0.3 is 5.97 Å². The molecule has 0 unspecified atom stereocenters. The lowest BCUT2D eigenvalue weighted by atomic mass is 10.4. The van der Waals surface area contributed by atoms with Crippen molar-refractivity contribution in [3.63, 3.8) is 0 Å². The van der Waals surface area contributed by atoms with E-state index < -0.39 is 20.0 Å². The third-order valence-corrected chi connectivity index (χ3v) is 3.28. The van der Waals surface area contributed by atoms with Gasteiger partial charge in [0.25, 0.3) is 9.05 Å². The number of nitrogens with zero attached hydrogens (tertiary/aromatic N) is 3. The maximum Gasteiger partial charge on any atom is 0.342 e. The molecule has 18 heavy (non-hydrogen) atoms. The molecule has 0 amide bonds. The van der Waals surface area contributed by atoms with E-state index in [1.165, 1.54) is 0 Å². The van der Waals surface area contributed by atoms with Gasteiger partial charge in [0.1, 0.15) is 5.56 Å². The molecule has 0 saturated carbocycles. The molecule has 0 aliphatic carbocycles. The molecule has 1 aromatic rings. The third-order valence-electron chi connectivity index (χ3n) is 1.95.